The minimum Gasteiger partial charge on any atom is -0.490 e. The van der Waals surface area contributed by atoms with Crippen molar-refractivity contribution in [1.82, 2.24) is 10.3 Å². The summed E-state index contributed by atoms with van der Waals surface area (Å²) in [5, 5.41) is 4.25. The number of rotatable bonds is 10. The Balaban J connectivity index is 1.52. The molecule has 0 unspecified atom stereocenters. The first kappa shape index (κ1) is 21.7. The van der Waals surface area contributed by atoms with Crippen LogP contribution in [-0.2, 0) is 11.2 Å². The maximum absolute atomic E-state index is 12.2. The molecule has 1 amide bonds. The first-order valence-electron chi connectivity index (χ1n) is 9.93. The highest BCUT2D eigenvalue weighted by atomic mass is 35.5. The van der Waals surface area contributed by atoms with Crippen molar-refractivity contribution in [3.05, 3.63) is 59.2 Å². The van der Waals surface area contributed by atoms with Gasteiger partial charge in [0.25, 0.3) is 5.91 Å². The number of aromatic nitrogens is 1. The third-order valence-electron chi connectivity index (χ3n) is 4.38. The predicted octanol–water partition coefficient (Wildman–Crippen LogP) is 4.42. The number of carbonyl (C=O) groups is 1. The number of amides is 1. The zero-order chi connectivity index (χ0) is 21.3. The van der Waals surface area contributed by atoms with Gasteiger partial charge in [-0.05, 0) is 62.2 Å². The Morgan fingerprint density at radius 2 is 1.77 bits per heavy atom. The number of hydrogen-bond acceptors (Lipinski definition) is 5. The number of pyridine rings is 1. The van der Waals surface area contributed by atoms with Gasteiger partial charge >= 0.3 is 0 Å². The van der Waals surface area contributed by atoms with Crippen LogP contribution in [0.1, 0.15) is 19.4 Å². The van der Waals surface area contributed by atoms with E-state index in [1.54, 1.807) is 18.3 Å². The molecule has 7 heteroatoms. The first-order chi connectivity index (χ1) is 14.6. The molecule has 1 N–H and O–H groups in total. The summed E-state index contributed by atoms with van der Waals surface area (Å²) < 4.78 is 16.9. The van der Waals surface area contributed by atoms with Crippen molar-refractivity contribution in [2.45, 2.75) is 20.3 Å². The molecule has 0 aliphatic carbocycles. The molecule has 0 aliphatic heterocycles. The maximum atomic E-state index is 12.2. The van der Waals surface area contributed by atoms with Gasteiger partial charge < -0.3 is 19.5 Å². The molecule has 158 valence electrons. The third-order valence-corrected chi connectivity index (χ3v) is 4.71. The van der Waals surface area contributed by atoms with Crippen LogP contribution in [0.4, 0.5) is 0 Å². The van der Waals surface area contributed by atoms with Crippen molar-refractivity contribution in [1.29, 1.82) is 0 Å². The highest BCUT2D eigenvalue weighted by Crippen LogP contribution is 2.30. The summed E-state index contributed by atoms with van der Waals surface area (Å²) in [4.78, 5) is 16.5. The summed E-state index contributed by atoms with van der Waals surface area (Å²) in [5.74, 6) is 1.76. The van der Waals surface area contributed by atoms with E-state index < -0.39 is 0 Å². The highest BCUT2D eigenvalue weighted by Gasteiger charge is 2.10. The van der Waals surface area contributed by atoms with Gasteiger partial charge in [-0.25, -0.2) is 0 Å². The second-order valence-corrected chi connectivity index (χ2v) is 6.89. The van der Waals surface area contributed by atoms with E-state index >= 15 is 0 Å². The molecule has 0 saturated heterocycles. The van der Waals surface area contributed by atoms with Crippen LogP contribution in [0.5, 0.6) is 17.2 Å². The summed E-state index contributed by atoms with van der Waals surface area (Å²) in [5.41, 5.74) is 1.69. The lowest BCUT2D eigenvalue weighted by Crippen LogP contribution is -2.30. The molecular weight excluding hydrogens is 404 g/mol. The first-order valence-corrected chi connectivity index (χ1v) is 10.3. The number of carbonyl (C=O) groups excluding carboxylic acids is 1. The molecular formula is C23H25ClN2O4. The SMILES string of the molecule is CCOc1ccc(CCNC(=O)COc2ccc(Cl)c3cccnc23)cc1OCC. The van der Waals surface area contributed by atoms with Crippen LogP contribution in [0.15, 0.2) is 48.7 Å². The second-order valence-electron chi connectivity index (χ2n) is 6.48. The lowest BCUT2D eigenvalue weighted by molar-refractivity contribution is -0.123. The molecule has 0 atom stereocenters. The number of benzene rings is 2. The van der Waals surface area contributed by atoms with Crippen LogP contribution in [0.3, 0.4) is 0 Å². The molecule has 0 spiro atoms. The van der Waals surface area contributed by atoms with Gasteiger partial charge in [-0.1, -0.05) is 17.7 Å². The molecule has 3 rings (SSSR count). The van der Waals surface area contributed by atoms with Crippen molar-refractivity contribution in [3.63, 3.8) is 0 Å². The van der Waals surface area contributed by atoms with E-state index in [-0.39, 0.29) is 12.5 Å². The van der Waals surface area contributed by atoms with Crippen molar-refractivity contribution >= 4 is 28.4 Å². The van der Waals surface area contributed by atoms with Crippen molar-refractivity contribution < 1.29 is 19.0 Å². The quantitative estimate of drug-likeness (QED) is 0.517. The molecule has 0 saturated carbocycles. The van der Waals surface area contributed by atoms with Crippen molar-refractivity contribution in [3.8, 4) is 17.2 Å². The van der Waals surface area contributed by atoms with Crippen LogP contribution < -0.4 is 19.5 Å². The molecule has 1 aromatic heterocycles. The van der Waals surface area contributed by atoms with E-state index in [1.165, 1.54) is 0 Å². The Labute approximate surface area is 181 Å². The van der Waals surface area contributed by atoms with E-state index in [9.17, 15) is 4.79 Å². The van der Waals surface area contributed by atoms with Gasteiger partial charge in [-0.2, -0.15) is 0 Å². The lowest BCUT2D eigenvalue weighted by atomic mass is 10.1. The lowest BCUT2D eigenvalue weighted by Gasteiger charge is -2.13. The van der Waals surface area contributed by atoms with Gasteiger partial charge in [0.1, 0.15) is 11.3 Å². The molecule has 0 fully saturated rings. The monoisotopic (exact) mass is 428 g/mol. The topological polar surface area (TPSA) is 69.7 Å². The third kappa shape index (κ3) is 5.54. The highest BCUT2D eigenvalue weighted by molar-refractivity contribution is 6.35. The van der Waals surface area contributed by atoms with Gasteiger partial charge in [0.15, 0.2) is 18.1 Å². The van der Waals surface area contributed by atoms with E-state index in [4.69, 9.17) is 25.8 Å². The summed E-state index contributed by atoms with van der Waals surface area (Å²) in [7, 11) is 0. The maximum Gasteiger partial charge on any atom is 0.257 e. The predicted molar refractivity (Wildman–Crippen MR) is 118 cm³/mol. The molecule has 6 nitrogen and oxygen atoms in total. The van der Waals surface area contributed by atoms with Crippen LogP contribution in [0.2, 0.25) is 5.02 Å². The molecule has 3 aromatic rings. The standard InChI is InChI=1S/C23H25ClN2O4/c1-3-28-19-9-7-16(14-21(19)29-4-2)11-13-25-22(27)15-30-20-10-8-18(24)17-6-5-12-26-23(17)20/h5-10,12,14H,3-4,11,13,15H2,1-2H3,(H,25,27). The molecule has 0 aliphatic rings. The number of ether oxygens (including phenoxy) is 3. The van der Waals surface area contributed by atoms with E-state index in [2.05, 4.69) is 10.3 Å². The Kier molecular flexibility index (Phi) is 7.74. The summed E-state index contributed by atoms with van der Waals surface area (Å²) >= 11 is 6.18. The zero-order valence-electron chi connectivity index (χ0n) is 17.1. The Morgan fingerprint density at radius 3 is 2.57 bits per heavy atom. The van der Waals surface area contributed by atoms with Crippen molar-refractivity contribution in [2.24, 2.45) is 0 Å². The Morgan fingerprint density at radius 1 is 1.00 bits per heavy atom. The molecule has 0 bridgehead atoms. The van der Waals surface area contributed by atoms with Crippen LogP contribution in [0.25, 0.3) is 10.9 Å². The summed E-state index contributed by atoms with van der Waals surface area (Å²) in [6, 6.07) is 13.0. The fraction of sp³-hybridized carbons (Fsp3) is 0.304. The number of hydrogen-bond donors (Lipinski definition) is 1. The number of halogens is 1. The zero-order valence-corrected chi connectivity index (χ0v) is 17.9. The van der Waals surface area contributed by atoms with Gasteiger partial charge in [0, 0.05) is 18.1 Å². The average Bonchev–Trinajstić information content (AvgIpc) is 2.75. The Hall–Kier alpha value is -2.99. The van der Waals surface area contributed by atoms with Crippen LogP contribution in [0, 0.1) is 0 Å². The summed E-state index contributed by atoms with van der Waals surface area (Å²) in [6.07, 6.45) is 2.34. The van der Waals surface area contributed by atoms with Gasteiger partial charge in [0.05, 0.1) is 18.2 Å². The van der Waals surface area contributed by atoms with Crippen LogP contribution in [-0.4, -0.2) is 37.3 Å². The van der Waals surface area contributed by atoms with E-state index in [0.29, 0.717) is 48.2 Å². The minimum absolute atomic E-state index is 0.0964. The van der Waals surface area contributed by atoms with Gasteiger partial charge in [0.2, 0.25) is 0 Å². The summed E-state index contributed by atoms with van der Waals surface area (Å²) in [6.45, 7) is 5.40. The van der Waals surface area contributed by atoms with Crippen LogP contribution >= 0.6 is 11.6 Å². The second kappa shape index (κ2) is 10.7. The number of nitrogens with zero attached hydrogens (tertiary/aromatic N) is 1. The number of nitrogens with one attached hydrogen (secondary N) is 1. The fourth-order valence-electron chi connectivity index (χ4n) is 3.02. The Bertz CT molecular complexity index is 1010. The average molecular weight is 429 g/mol. The molecule has 30 heavy (non-hydrogen) atoms. The van der Waals surface area contributed by atoms with Gasteiger partial charge in [-0.15, -0.1) is 0 Å². The van der Waals surface area contributed by atoms with E-state index in [0.717, 1.165) is 16.7 Å². The van der Waals surface area contributed by atoms with Gasteiger partial charge in [-0.3, -0.25) is 9.78 Å². The molecule has 1 heterocycles. The fourth-order valence-corrected chi connectivity index (χ4v) is 3.24. The largest absolute Gasteiger partial charge is 0.490 e. The smallest absolute Gasteiger partial charge is 0.257 e. The van der Waals surface area contributed by atoms with Crippen molar-refractivity contribution in [2.75, 3.05) is 26.4 Å². The molecule has 0 radical (unpaired) electrons. The number of fused-ring (bicyclic) bond motifs is 1. The molecule has 2 aromatic carbocycles. The van der Waals surface area contributed by atoms with E-state index in [1.807, 2.05) is 44.2 Å². The normalized spacial score (nSPS) is 10.6. The minimum atomic E-state index is -0.204.